The first-order chi connectivity index (χ1) is 6.36. The minimum atomic E-state index is -0.182. The third kappa shape index (κ3) is 2.20. The van der Waals surface area contributed by atoms with Gasteiger partial charge in [-0.25, -0.2) is 0 Å². The van der Waals surface area contributed by atoms with Crippen LogP contribution in [0.5, 0.6) is 5.75 Å². The van der Waals surface area contributed by atoms with Gasteiger partial charge in [-0.3, -0.25) is 0 Å². The molecule has 0 atom stereocenters. The minimum Gasteiger partial charge on any atom is -0.506 e. The third-order valence-corrected chi connectivity index (χ3v) is 2.40. The molecule has 1 aromatic rings. The van der Waals surface area contributed by atoms with E-state index in [4.69, 9.17) is 16.7 Å². The Morgan fingerprint density at radius 3 is 2.29 bits per heavy atom. The Kier molecular flexibility index (Phi) is 3.07. The number of hydrogen-bond acceptors (Lipinski definition) is 2. The Labute approximate surface area is 89.1 Å². The predicted octanol–water partition coefficient (Wildman–Crippen LogP) is 2.84. The fourth-order valence-electron chi connectivity index (χ4n) is 1.32. The smallest absolute Gasteiger partial charge is 0.137 e. The molecule has 1 rings (SSSR count). The molecule has 14 heavy (non-hydrogen) atoms. The summed E-state index contributed by atoms with van der Waals surface area (Å²) in [5, 5.41) is 19.0. The number of phenolic OH excluding ortho intramolecular Hbond substituents is 1. The van der Waals surface area contributed by atoms with Crippen molar-refractivity contribution in [3.8, 4) is 5.75 Å². The van der Waals surface area contributed by atoms with Gasteiger partial charge in [-0.2, -0.15) is 0 Å². The van der Waals surface area contributed by atoms with Crippen LogP contribution in [0.4, 0.5) is 0 Å². The lowest BCUT2D eigenvalue weighted by Crippen LogP contribution is -2.12. The zero-order valence-electron chi connectivity index (χ0n) is 8.63. The second kappa shape index (κ2) is 3.79. The zero-order chi connectivity index (χ0) is 10.9. The number of aliphatic hydroxyl groups is 1. The van der Waals surface area contributed by atoms with Gasteiger partial charge in [0.1, 0.15) is 5.75 Å². The summed E-state index contributed by atoms with van der Waals surface area (Å²) < 4.78 is 0. The van der Waals surface area contributed by atoms with Gasteiger partial charge in [-0.1, -0.05) is 32.4 Å². The molecule has 2 nitrogen and oxygen atoms in total. The Bertz CT molecular complexity index is 340. The molecule has 0 aliphatic heterocycles. The van der Waals surface area contributed by atoms with E-state index in [1.165, 1.54) is 0 Å². The molecule has 2 N–H and O–H groups in total. The van der Waals surface area contributed by atoms with E-state index in [9.17, 15) is 5.11 Å². The molecule has 3 heteroatoms. The number of halogens is 1. The summed E-state index contributed by atoms with van der Waals surface area (Å²) in [6.45, 7) is 5.89. The van der Waals surface area contributed by atoms with Crippen LogP contribution in [0.2, 0.25) is 5.02 Å². The maximum Gasteiger partial charge on any atom is 0.137 e. The lowest BCUT2D eigenvalue weighted by molar-refractivity contribution is 0.281. The van der Waals surface area contributed by atoms with E-state index in [-0.39, 0.29) is 17.8 Å². The molecule has 1 aromatic carbocycles. The number of rotatable bonds is 1. The quantitative estimate of drug-likeness (QED) is 0.755. The van der Waals surface area contributed by atoms with Gasteiger partial charge in [-0.05, 0) is 23.1 Å². The standard InChI is InChI=1S/C11H15ClO2/c1-11(2,3)8-4-7(6-13)5-9(12)10(8)14/h4-5,13-14H,6H2,1-3H3. The Morgan fingerprint density at radius 1 is 1.29 bits per heavy atom. The SMILES string of the molecule is CC(C)(C)c1cc(CO)cc(Cl)c1O. The van der Waals surface area contributed by atoms with Gasteiger partial charge in [0.15, 0.2) is 0 Å². The first-order valence-electron chi connectivity index (χ1n) is 4.49. The fourth-order valence-corrected chi connectivity index (χ4v) is 1.56. The summed E-state index contributed by atoms with van der Waals surface area (Å²) in [5.74, 6) is 0.108. The van der Waals surface area contributed by atoms with Gasteiger partial charge >= 0.3 is 0 Å². The molecule has 0 heterocycles. The second-order valence-electron chi connectivity index (χ2n) is 4.38. The van der Waals surface area contributed by atoms with E-state index in [2.05, 4.69) is 0 Å². The molecule has 0 radical (unpaired) electrons. The molecular weight excluding hydrogens is 200 g/mol. The van der Waals surface area contributed by atoms with Gasteiger partial charge in [0.05, 0.1) is 11.6 Å². The highest BCUT2D eigenvalue weighted by atomic mass is 35.5. The molecule has 78 valence electrons. The van der Waals surface area contributed by atoms with E-state index in [1.807, 2.05) is 20.8 Å². The average molecular weight is 215 g/mol. The number of benzene rings is 1. The number of hydrogen-bond donors (Lipinski definition) is 2. The molecule has 0 aromatic heterocycles. The Hall–Kier alpha value is -0.730. The fraction of sp³-hybridized carbons (Fsp3) is 0.455. The van der Waals surface area contributed by atoms with Crippen molar-refractivity contribution in [3.05, 3.63) is 28.3 Å². The van der Waals surface area contributed by atoms with Crippen LogP contribution in [0, 0.1) is 0 Å². The minimum absolute atomic E-state index is 0.0664. The summed E-state index contributed by atoms with van der Waals surface area (Å²) >= 11 is 5.84. The molecule has 0 aliphatic carbocycles. The molecule has 0 bridgehead atoms. The van der Waals surface area contributed by atoms with Gasteiger partial charge in [0.2, 0.25) is 0 Å². The zero-order valence-corrected chi connectivity index (χ0v) is 9.39. The Balaban J connectivity index is 3.35. The Morgan fingerprint density at radius 2 is 1.86 bits per heavy atom. The number of aliphatic hydroxyl groups excluding tert-OH is 1. The van der Waals surface area contributed by atoms with Crippen molar-refractivity contribution in [2.24, 2.45) is 0 Å². The summed E-state index contributed by atoms with van der Waals surface area (Å²) in [7, 11) is 0. The predicted molar refractivity (Wildman–Crippen MR) is 57.7 cm³/mol. The maximum atomic E-state index is 9.74. The number of phenols is 1. The van der Waals surface area contributed by atoms with Crippen LogP contribution in [0.3, 0.4) is 0 Å². The highest BCUT2D eigenvalue weighted by Gasteiger charge is 2.20. The van der Waals surface area contributed by atoms with E-state index in [0.717, 1.165) is 11.1 Å². The average Bonchev–Trinajstić information content (AvgIpc) is 2.07. The molecule has 0 spiro atoms. The van der Waals surface area contributed by atoms with E-state index >= 15 is 0 Å². The van der Waals surface area contributed by atoms with E-state index in [1.54, 1.807) is 12.1 Å². The summed E-state index contributed by atoms with van der Waals surface area (Å²) in [5.41, 5.74) is 1.30. The lowest BCUT2D eigenvalue weighted by Gasteiger charge is -2.21. The highest BCUT2D eigenvalue weighted by Crippen LogP contribution is 2.36. The molecule has 0 saturated heterocycles. The largest absolute Gasteiger partial charge is 0.506 e. The van der Waals surface area contributed by atoms with Crippen molar-refractivity contribution >= 4 is 11.6 Å². The normalized spacial score (nSPS) is 11.8. The van der Waals surface area contributed by atoms with Gasteiger partial charge in [-0.15, -0.1) is 0 Å². The molecule has 0 amide bonds. The highest BCUT2D eigenvalue weighted by molar-refractivity contribution is 6.32. The first kappa shape index (κ1) is 11.3. The van der Waals surface area contributed by atoms with Crippen molar-refractivity contribution in [3.63, 3.8) is 0 Å². The van der Waals surface area contributed by atoms with Gasteiger partial charge < -0.3 is 10.2 Å². The molecule has 0 saturated carbocycles. The summed E-state index contributed by atoms with van der Waals surface area (Å²) in [4.78, 5) is 0. The maximum absolute atomic E-state index is 9.74. The summed E-state index contributed by atoms with van der Waals surface area (Å²) in [6.07, 6.45) is 0. The van der Waals surface area contributed by atoms with Crippen molar-refractivity contribution in [2.45, 2.75) is 32.8 Å². The van der Waals surface area contributed by atoms with Crippen LogP contribution >= 0.6 is 11.6 Å². The van der Waals surface area contributed by atoms with E-state index in [0.29, 0.717) is 5.02 Å². The lowest BCUT2D eigenvalue weighted by atomic mass is 9.85. The van der Waals surface area contributed by atoms with Crippen LogP contribution in [-0.4, -0.2) is 10.2 Å². The van der Waals surface area contributed by atoms with Crippen molar-refractivity contribution in [1.29, 1.82) is 0 Å². The van der Waals surface area contributed by atoms with Crippen LogP contribution in [0.25, 0.3) is 0 Å². The number of aromatic hydroxyl groups is 1. The molecule has 0 unspecified atom stereocenters. The van der Waals surface area contributed by atoms with Gasteiger partial charge in [0.25, 0.3) is 0 Å². The van der Waals surface area contributed by atoms with E-state index < -0.39 is 0 Å². The topological polar surface area (TPSA) is 40.5 Å². The van der Waals surface area contributed by atoms with Crippen LogP contribution in [0.1, 0.15) is 31.9 Å². The summed E-state index contributed by atoms with van der Waals surface area (Å²) in [6, 6.07) is 3.35. The second-order valence-corrected chi connectivity index (χ2v) is 4.79. The van der Waals surface area contributed by atoms with Crippen LogP contribution in [-0.2, 0) is 12.0 Å². The third-order valence-electron chi connectivity index (χ3n) is 2.11. The van der Waals surface area contributed by atoms with Gasteiger partial charge in [0, 0.05) is 5.56 Å². The van der Waals surface area contributed by atoms with Crippen LogP contribution in [0.15, 0.2) is 12.1 Å². The molecular formula is C11H15ClO2. The van der Waals surface area contributed by atoms with Crippen molar-refractivity contribution in [2.75, 3.05) is 0 Å². The van der Waals surface area contributed by atoms with Crippen LogP contribution < -0.4 is 0 Å². The molecule has 0 fully saturated rings. The molecule has 0 aliphatic rings. The van der Waals surface area contributed by atoms with Crippen molar-refractivity contribution in [1.82, 2.24) is 0 Å². The van der Waals surface area contributed by atoms with Crippen molar-refractivity contribution < 1.29 is 10.2 Å². The monoisotopic (exact) mass is 214 g/mol. The first-order valence-corrected chi connectivity index (χ1v) is 4.87.